The summed E-state index contributed by atoms with van der Waals surface area (Å²) in [6.45, 7) is 18.7. The van der Waals surface area contributed by atoms with E-state index in [9.17, 15) is 0 Å². The monoisotopic (exact) mass is 540 g/mol. The molecule has 0 N–H and O–H groups in total. The molecule has 5 aromatic rings. The van der Waals surface area contributed by atoms with Gasteiger partial charge in [-0.1, -0.05) is 72.8 Å². The Morgan fingerprint density at radius 2 is 1.12 bits per heavy atom. The molecular weight excluding hydrogens is 500 g/mol. The molecule has 4 nitrogen and oxygen atoms in total. The van der Waals surface area contributed by atoms with Gasteiger partial charge < -0.3 is 14.4 Å². The summed E-state index contributed by atoms with van der Waals surface area (Å²) in [6.07, 6.45) is 0. The van der Waals surface area contributed by atoms with Crippen molar-refractivity contribution < 1.29 is 0 Å². The van der Waals surface area contributed by atoms with Crippen LogP contribution in [-0.4, -0.2) is 37.6 Å². The maximum atomic E-state index is 5.44. The third kappa shape index (κ3) is 3.31. The number of anilines is 1. The van der Waals surface area contributed by atoms with Crippen molar-refractivity contribution in [1.82, 2.24) is 9.47 Å². The van der Waals surface area contributed by atoms with Crippen molar-refractivity contribution in [2.24, 2.45) is 4.99 Å². The van der Waals surface area contributed by atoms with Crippen molar-refractivity contribution in [1.29, 1.82) is 0 Å². The van der Waals surface area contributed by atoms with Crippen LogP contribution in [0.4, 0.5) is 5.69 Å². The Balaban J connectivity index is 1.53. The van der Waals surface area contributed by atoms with Gasteiger partial charge in [0, 0.05) is 10.8 Å². The molecule has 0 bridgehead atoms. The minimum atomic E-state index is -0.222. The minimum Gasteiger partial charge on any atom is -0.327 e. The molecule has 4 heteroatoms. The molecule has 0 aliphatic carbocycles. The highest BCUT2D eigenvalue weighted by Gasteiger charge is 2.66. The smallest absolute Gasteiger partial charge is 0.203 e. The van der Waals surface area contributed by atoms with Crippen LogP contribution >= 0.6 is 0 Å². The van der Waals surface area contributed by atoms with E-state index in [2.05, 4.69) is 167 Å². The second-order valence-corrected chi connectivity index (χ2v) is 13.8. The van der Waals surface area contributed by atoms with Gasteiger partial charge in [0.25, 0.3) is 0 Å². The molecule has 2 aliphatic heterocycles. The van der Waals surface area contributed by atoms with E-state index in [-0.39, 0.29) is 22.2 Å². The molecule has 4 aromatic carbocycles. The van der Waals surface area contributed by atoms with Gasteiger partial charge in [0.2, 0.25) is 5.96 Å². The van der Waals surface area contributed by atoms with Crippen molar-refractivity contribution in [3.05, 3.63) is 97.1 Å². The maximum absolute atomic E-state index is 5.44. The first-order valence-corrected chi connectivity index (χ1v) is 14.8. The van der Waals surface area contributed by atoms with E-state index in [1.54, 1.807) is 0 Å². The predicted molar refractivity (Wildman–Crippen MR) is 174 cm³/mol. The van der Waals surface area contributed by atoms with Crippen LogP contribution in [0.15, 0.2) is 102 Å². The first kappa shape index (κ1) is 25.9. The van der Waals surface area contributed by atoms with E-state index >= 15 is 0 Å². The van der Waals surface area contributed by atoms with Crippen molar-refractivity contribution in [3.63, 3.8) is 0 Å². The average molecular weight is 541 g/mol. The minimum absolute atomic E-state index is 0.135. The first-order chi connectivity index (χ1) is 19.4. The number of aromatic nitrogens is 1. The van der Waals surface area contributed by atoms with Crippen molar-refractivity contribution >= 4 is 33.5 Å². The number of para-hydroxylation sites is 3. The van der Waals surface area contributed by atoms with Crippen LogP contribution in [0.3, 0.4) is 0 Å². The number of benzene rings is 4. The summed E-state index contributed by atoms with van der Waals surface area (Å²) in [6, 6.07) is 35.2. The van der Waals surface area contributed by atoms with Crippen molar-refractivity contribution in [2.45, 2.75) is 77.5 Å². The largest absolute Gasteiger partial charge is 0.327 e. The highest BCUT2D eigenvalue weighted by atomic mass is 15.6. The van der Waals surface area contributed by atoms with Gasteiger partial charge in [0.15, 0.2) is 0 Å². The van der Waals surface area contributed by atoms with Gasteiger partial charge in [-0.25, -0.2) is 4.99 Å². The highest BCUT2D eigenvalue weighted by molar-refractivity contribution is 6.11. The molecule has 1 fully saturated rings. The quantitative estimate of drug-likeness (QED) is 0.228. The van der Waals surface area contributed by atoms with Crippen LogP contribution in [0, 0.1) is 0 Å². The zero-order valence-corrected chi connectivity index (χ0v) is 25.5. The van der Waals surface area contributed by atoms with Crippen LogP contribution < -0.4 is 4.90 Å². The highest BCUT2D eigenvalue weighted by Crippen LogP contribution is 2.54. The molecule has 7 rings (SSSR count). The average Bonchev–Trinajstić information content (AvgIpc) is 3.42. The Labute approximate surface area is 243 Å². The van der Waals surface area contributed by atoms with Gasteiger partial charge in [-0.3, -0.25) is 0 Å². The molecule has 0 unspecified atom stereocenters. The first-order valence-electron chi connectivity index (χ1n) is 14.8. The van der Waals surface area contributed by atoms with Crippen LogP contribution in [0.2, 0.25) is 0 Å². The summed E-state index contributed by atoms with van der Waals surface area (Å²) >= 11 is 0. The molecule has 1 aromatic heterocycles. The fraction of sp³-hybridized carbons (Fsp3) is 0.324. The van der Waals surface area contributed by atoms with Gasteiger partial charge in [-0.15, -0.1) is 0 Å². The second kappa shape index (κ2) is 8.25. The number of fused-ring (bicyclic) bond motifs is 4. The van der Waals surface area contributed by atoms with E-state index in [0.29, 0.717) is 0 Å². The predicted octanol–water partition coefficient (Wildman–Crippen LogP) is 9.06. The molecule has 1 saturated heterocycles. The van der Waals surface area contributed by atoms with Crippen molar-refractivity contribution in [3.8, 4) is 16.8 Å². The molecule has 2 aliphatic rings. The number of rotatable bonds is 3. The lowest BCUT2D eigenvalue weighted by molar-refractivity contribution is 0.0529. The molecule has 0 atom stereocenters. The topological polar surface area (TPSA) is 23.8 Å². The summed E-state index contributed by atoms with van der Waals surface area (Å²) in [5.41, 5.74) is 6.48. The molecule has 208 valence electrons. The lowest BCUT2D eigenvalue weighted by Gasteiger charge is -2.50. The van der Waals surface area contributed by atoms with Gasteiger partial charge in [-0.05, 0) is 90.8 Å². The molecule has 0 radical (unpaired) electrons. The number of guanidine groups is 1. The summed E-state index contributed by atoms with van der Waals surface area (Å²) < 4.78 is 2.46. The van der Waals surface area contributed by atoms with E-state index < -0.39 is 0 Å². The molecule has 0 saturated carbocycles. The Hall–Kier alpha value is -4.05. The lowest BCUT2D eigenvalue weighted by Crippen LogP contribution is -2.63. The third-order valence-electron chi connectivity index (χ3n) is 10.6. The number of hydrogen-bond donors (Lipinski definition) is 0. The van der Waals surface area contributed by atoms with Crippen LogP contribution in [0.1, 0.15) is 55.4 Å². The van der Waals surface area contributed by atoms with Crippen LogP contribution in [0.5, 0.6) is 0 Å². The number of hydrogen-bond acceptors (Lipinski definition) is 3. The fourth-order valence-electron chi connectivity index (χ4n) is 7.15. The Morgan fingerprint density at radius 3 is 1.85 bits per heavy atom. The van der Waals surface area contributed by atoms with E-state index in [1.165, 1.54) is 44.3 Å². The summed E-state index contributed by atoms with van der Waals surface area (Å²) in [5, 5.41) is 2.53. The Bertz CT molecular complexity index is 1850. The fourth-order valence-corrected chi connectivity index (χ4v) is 7.15. The SMILES string of the molecule is CC1(C)N=C2N(c3ccccc3-n3c4ccccc4c4ccc(-c5ccccc5)cc43)C(C)(C)C(C)(C)N2C1(C)C. The van der Waals surface area contributed by atoms with Crippen molar-refractivity contribution in [2.75, 3.05) is 4.90 Å². The zero-order chi connectivity index (χ0) is 28.9. The van der Waals surface area contributed by atoms with E-state index in [1.807, 2.05) is 0 Å². The Morgan fingerprint density at radius 1 is 0.512 bits per heavy atom. The van der Waals surface area contributed by atoms with Crippen LogP contribution in [0.25, 0.3) is 38.6 Å². The van der Waals surface area contributed by atoms with Crippen LogP contribution in [-0.2, 0) is 0 Å². The summed E-state index contributed by atoms with van der Waals surface area (Å²) in [4.78, 5) is 10.5. The van der Waals surface area contributed by atoms with Gasteiger partial charge in [-0.2, -0.15) is 0 Å². The zero-order valence-electron chi connectivity index (χ0n) is 25.5. The molecule has 3 heterocycles. The Kier molecular flexibility index (Phi) is 5.21. The lowest BCUT2D eigenvalue weighted by atomic mass is 9.76. The summed E-state index contributed by atoms with van der Waals surface area (Å²) in [5.74, 6) is 1.06. The molecule has 0 spiro atoms. The molecule has 41 heavy (non-hydrogen) atoms. The normalized spacial score (nSPS) is 20.0. The van der Waals surface area contributed by atoms with Gasteiger partial charge in [0.1, 0.15) is 0 Å². The maximum Gasteiger partial charge on any atom is 0.203 e. The second-order valence-electron chi connectivity index (χ2n) is 13.8. The summed E-state index contributed by atoms with van der Waals surface area (Å²) in [7, 11) is 0. The van der Waals surface area contributed by atoms with E-state index in [4.69, 9.17) is 4.99 Å². The number of nitrogens with zero attached hydrogens (tertiary/aromatic N) is 4. The standard InChI is InChI=1S/C37H40N4/c1-34(2)35(3,4)41-33(38-34)40(36(5,6)37(41,7)8)31-21-15-14-20-30(31)39-29-19-13-12-18-27(29)28-23-22-26(24-32(28)39)25-16-10-9-11-17-25/h9-24H,1-8H3. The van der Waals surface area contributed by atoms with E-state index in [0.717, 1.165) is 5.96 Å². The third-order valence-corrected chi connectivity index (χ3v) is 10.6. The van der Waals surface area contributed by atoms with Gasteiger partial charge >= 0.3 is 0 Å². The molecular formula is C37H40N4. The number of aliphatic imine (C=N–C) groups is 1. The van der Waals surface area contributed by atoms with Gasteiger partial charge in [0.05, 0.1) is 44.6 Å². The molecule has 0 amide bonds.